The summed E-state index contributed by atoms with van der Waals surface area (Å²) in [4.78, 5) is 10.8. The van der Waals surface area contributed by atoms with Crippen molar-refractivity contribution in [2.24, 2.45) is 0 Å². The van der Waals surface area contributed by atoms with Gasteiger partial charge in [0.1, 0.15) is 0 Å². The molecule has 11 rings (SSSR count). The van der Waals surface area contributed by atoms with E-state index in [9.17, 15) is 0 Å². The molecule has 0 spiro atoms. The van der Waals surface area contributed by atoms with E-state index in [0.29, 0.717) is 0 Å². The zero-order chi connectivity index (χ0) is 35.3. The van der Waals surface area contributed by atoms with Crippen molar-refractivity contribution in [3.8, 4) is 45.3 Å². The van der Waals surface area contributed by atoms with Gasteiger partial charge in [0.25, 0.3) is 0 Å². The Hall–Kier alpha value is -6.52. The first kappa shape index (κ1) is 30.1. The average molecular weight is 681 g/mol. The summed E-state index contributed by atoms with van der Waals surface area (Å²) in [7, 11) is 0. The van der Waals surface area contributed by atoms with Crippen molar-refractivity contribution in [1.82, 2.24) is 19.1 Å². The number of para-hydroxylation sites is 2. The molecule has 0 saturated heterocycles. The maximum Gasteiger partial charge on any atom is 0.160 e. The maximum atomic E-state index is 5.43. The fourth-order valence-corrected chi connectivity index (χ4v) is 9.23. The summed E-state index contributed by atoms with van der Waals surface area (Å²) < 4.78 is 4.95. The zero-order valence-electron chi connectivity index (χ0n) is 29.7. The second kappa shape index (κ2) is 11.2. The van der Waals surface area contributed by atoms with Crippen LogP contribution in [0.4, 0.5) is 0 Å². The van der Waals surface area contributed by atoms with E-state index in [1.165, 1.54) is 60.7 Å². The molecular formula is C49H36N4. The molecule has 0 unspecified atom stereocenters. The number of allylic oxidation sites excluding steroid dienone is 1. The number of rotatable bonds is 4. The first-order valence-corrected chi connectivity index (χ1v) is 18.6. The zero-order valence-corrected chi connectivity index (χ0v) is 29.7. The fourth-order valence-electron chi connectivity index (χ4n) is 9.23. The van der Waals surface area contributed by atoms with Crippen LogP contribution in [0.15, 0.2) is 152 Å². The van der Waals surface area contributed by atoms with Crippen molar-refractivity contribution in [2.45, 2.75) is 32.1 Å². The molecule has 9 aromatic rings. The maximum absolute atomic E-state index is 5.43. The van der Waals surface area contributed by atoms with E-state index in [4.69, 9.17) is 9.97 Å². The lowest BCUT2D eigenvalue weighted by molar-refractivity contribution is 0.658. The van der Waals surface area contributed by atoms with Gasteiger partial charge in [-0.15, -0.1) is 0 Å². The largest absolute Gasteiger partial charge is 0.312 e. The quantitative estimate of drug-likeness (QED) is 0.185. The fraction of sp³-hybridized carbons (Fsp3) is 0.102. The molecule has 4 heteroatoms. The minimum absolute atomic E-state index is 0.224. The number of aromatic nitrogens is 4. The molecule has 0 saturated carbocycles. The SMILES string of the molecule is CC1(C)c2ccccc2-c2nc(-c3cccc(-n4c5c(c6ccc7c(c8ccccc8n7-c7ccccc7)c64)C=CCC5)c3)nc(-c3ccccc3)c21. The van der Waals surface area contributed by atoms with Crippen LogP contribution in [0, 0.1) is 0 Å². The van der Waals surface area contributed by atoms with Crippen LogP contribution >= 0.6 is 0 Å². The summed E-state index contributed by atoms with van der Waals surface area (Å²) in [6.07, 6.45) is 6.64. The van der Waals surface area contributed by atoms with Crippen molar-refractivity contribution >= 4 is 38.8 Å². The summed E-state index contributed by atoms with van der Waals surface area (Å²) in [6, 6.07) is 52.4. The lowest BCUT2D eigenvalue weighted by Gasteiger charge is -2.23. The Bertz CT molecular complexity index is 2960. The number of hydrogen-bond acceptors (Lipinski definition) is 2. The molecule has 3 heterocycles. The van der Waals surface area contributed by atoms with Crippen LogP contribution < -0.4 is 0 Å². The van der Waals surface area contributed by atoms with Gasteiger partial charge in [-0.3, -0.25) is 0 Å². The smallest absolute Gasteiger partial charge is 0.160 e. The lowest BCUT2D eigenvalue weighted by atomic mass is 9.81. The highest BCUT2D eigenvalue weighted by molar-refractivity contribution is 6.22. The van der Waals surface area contributed by atoms with Gasteiger partial charge < -0.3 is 9.13 Å². The number of fused-ring (bicyclic) bond motifs is 10. The molecular weight excluding hydrogens is 645 g/mol. The molecule has 0 aliphatic heterocycles. The first-order chi connectivity index (χ1) is 26.1. The molecule has 6 aromatic carbocycles. The minimum atomic E-state index is -0.224. The Kier molecular flexibility index (Phi) is 6.39. The molecule has 3 aromatic heterocycles. The summed E-state index contributed by atoms with van der Waals surface area (Å²) in [5.41, 5.74) is 16.2. The monoisotopic (exact) mass is 680 g/mol. The van der Waals surface area contributed by atoms with Crippen LogP contribution in [0.2, 0.25) is 0 Å². The summed E-state index contributed by atoms with van der Waals surface area (Å²) in [6.45, 7) is 4.61. The van der Waals surface area contributed by atoms with Gasteiger partial charge in [0.2, 0.25) is 0 Å². The molecule has 252 valence electrons. The van der Waals surface area contributed by atoms with Gasteiger partial charge in [0.15, 0.2) is 5.82 Å². The van der Waals surface area contributed by atoms with E-state index < -0.39 is 0 Å². The van der Waals surface area contributed by atoms with Crippen molar-refractivity contribution in [3.05, 3.63) is 174 Å². The Morgan fingerprint density at radius 2 is 1.30 bits per heavy atom. The van der Waals surface area contributed by atoms with Crippen molar-refractivity contribution in [2.75, 3.05) is 0 Å². The van der Waals surface area contributed by atoms with Gasteiger partial charge in [0.05, 0.1) is 27.9 Å². The van der Waals surface area contributed by atoms with Crippen molar-refractivity contribution < 1.29 is 0 Å². The molecule has 53 heavy (non-hydrogen) atoms. The van der Waals surface area contributed by atoms with Crippen LogP contribution in [0.5, 0.6) is 0 Å². The van der Waals surface area contributed by atoms with Crippen molar-refractivity contribution in [1.29, 1.82) is 0 Å². The molecule has 4 nitrogen and oxygen atoms in total. The van der Waals surface area contributed by atoms with Crippen LogP contribution in [-0.4, -0.2) is 19.1 Å². The molecule has 0 bridgehead atoms. The van der Waals surface area contributed by atoms with E-state index in [0.717, 1.165) is 52.6 Å². The molecule has 0 N–H and O–H groups in total. The topological polar surface area (TPSA) is 35.6 Å². The normalized spacial score (nSPS) is 14.2. The number of hydrogen-bond donors (Lipinski definition) is 0. The van der Waals surface area contributed by atoms with Crippen LogP contribution in [0.25, 0.3) is 84.1 Å². The van der Waals surface area contributed by atoms with Gasteiger partial charge in [-0.25, -0.2) is 9.97 Å². The van der Waals surface area contributed by atoms with Crippen molar-refractivity contribution in [3.63, 3.8) is 0 Å². The molecule has 0 atom stereocenters. The standard InChI is InChI=1S/C49H36N4/c1-49(2)39-25-12-9-23-37(39)46-44(49)45(31-16-5-3-6-17-31)50-48(51-46)32-18-15-21-34(30-32)53-40-26-13-10-22-35(40)36-28-29-42-43(47(36)53)38-24-11-14-27-41(38)52(42)33-19-7-4-8-20-33/h3-12,14-25,27-30H,13,26H2,1-2H3. The predicted molar refractivity (Wildman–Crippen MR) is 219 cm³/mol. The van der Waals surface area contributed by atoms with Gasteiger partial charge in [-0.05, 0) is 54.8 Å². The van der Waals surface area contributed by atoms with Crippen LogP contribution in [0.3, 0.4) is 0 Å². The third-order valence-corrected chi connectivity index (χ3v) is 11.6. The molecule has 0 amide bonds. The predicted octanol–water partition coefficient (Wildman–Crippen LogP) is 12.1. The molecule has 2 aliphatic rings. The third-order valence-electron chi connectivity index (χ3n) is 11.6. The molecule has 2 aliphatic carbocycles. The highest BCUT2D eigenvalue weighted by Gasteiger charge is 2.40. The van der Waals surface area contributed by atoms with Gasteiger partial charge in [-0.1, -0.05) is 135 Å². The van der Waals surface area contributed by atoms with E-state index in [-0.39, 0.29) is 5.41 Å². The Morgan fingerprint density at radius 1 is 0.585 bits per heavy atom. The van der Waals surface area contributed by atoms with Gasteiger partial charge >= 0.3 is 0 Å². The van der Waals surface area contributed by atoms with E-state index in [1.807, 2.05) is 0 Å². The highest BCUT2D eigenvalue weighted by atomic mass is 15.0. The minimum Gasteiger partial charge on any atom is -0.312 e. The Morgan fingerprint density at radius 3 is 2.17 bits per heavy atom. The third kappa shape index (κ3) is 4.30. The molecule has 0 fully saturated rings. The summed E-state index contributed by atoms with van der Waals surface area (Å²) in [5.74, 6) is 0.744. The molecule has 0 radical (unpaired) electrons. The van der Waals surface area contributed by atoms with E-state index >= 15 is 0 Å². The second-order valence-corrected chi connectivity index (χ2v) is 14.9. The van der Waals surface area contributed by atoms with Crippen LogP contribution in [0.1, 0.15) is 42.7 Å². The van der Waals surface area contributed by atoms with E-state index in [1.54, 1.807) is 0 Å². The van der Waals surface area contributed by atoms with Crippen LogP contribution in [-0.2, 0) is 11.8 Å². The Labute approximate surface area is 308 Å². The Balaban J connectivity index is 1.19. The lowest BCUT2D eigenvalue weighted by Crippen LogP contribution is -2.17. The second-order valence-electron chi connectivity index (χ2n) is 14.9. The number of nitrogens with zero attached hydrogens (tertiary/aromatic N) is 4. The average Bonchev–Trinajstić information content (AvgIpc) is 3.82. The summed E-state index contributed by atoms with van der Waals surface area (Å²) >= 11 is 0. The van der Waals surface area contributed by atoms with E-state index in [2.05, 4.69) is 181 Å². The first-order valence-electron chi connectivity index (χ1n) is 18.6. The summed E-state index contributed by atoms with van der Waals surface area (Å²) in [5, 5.41) is 3.81. The van der Waals surface area contributed by atoms with Gasteiger partial charge in [-0.2, -0.15) is 0 Å². The number of benzene rings is 6. The van der Waals surface area contributed by atoms with Gasteiger partial charge in [0, 0.05) is 66.5 Å². The highest BCUT2D eigenvalue weighted by Crippen LogP contribution is 2.51.